The van der Waals surface area contributed by atoms with Gasteiger partial charge in [0.25, 0.3) is 0 Å². The molecule has 0 aliphatic heterocycles. The van der Waals surface area contributed by atoms with Crippen LogP contribution in [-0.4, -0.2) is 6.61 Å². The van der Waals surface area contributed by atoms with E-state index in [-0.39, 0.29) is 12.4 Å². The van der Waals surface area contributed by atoms with Gasteiger partial charge in [-0.2, -0.15) is 0 Å². The molecule has 0 fully saturated rings. The Bertz CT molecular complexity index is 660. The Hall–Kier alpha value is -2.78. The van der Waals surface area contributed by atoms with E-state index in [1.54, 1.807) is 36.4 Å². The second kappa shape index (κ2) is 6.23. The smallest absolute Gasteiger partial charge is 0.228 e. The topological polar surface area (TPSA) is 13.6 Å². The fourth-order valence-corrected chi connectivity index (χ4v) is 1.46. The van der Waals surface area contributed by atoms with Crippen LogP contribution in [-0.2, 0) is 0 Å². The van der Waals surface area contributed by atoms with Crippen LogP contribution in [0.3, 0.4) is 0 Å². The summed E-state index contributed by atoms with van der Waals surface area (Å²) in [6.07, 6.45) is 0. The average Bonchev–Trinajstić information content (AvgIpc) is 2.46. The second-order valence-electron chi connectivity index (χ2n) is 3.68. The molecular weight excluding hydrogens is 241 g/mol. The first kappa shape index (κ1) is 12.7. The third-order valence-electron chi connectivity index (χ3n) is 2.36. The predicted molar refractivity (Wildman–Crippen MR) is 71.5 cm³/mol. The summed E-state index contributed by atoms with van der Waals surface area (Å²) < 4.78 is 18.1. The van der Waals surface area contributed by atoms with Crippen LogP contribution in [0.1, 0.15) is 5.56 Å². The maximum Gasteiger partial charge on any atom is 0.228 e. The number of ether oxygens (including phenoxy) is 1. The van der Waals surface area contributed by atoms with E-state index in [4.69, 9.17) is 11.3 Å². The Morgan fingerprint density at radius 3 is 2.58 bits per heavy atom. The van der Waals surface area contributed by atoms with Gasteiger partial charge in [-0.15, -0.1) is 0 Å². The molecule has 0 amide bonds. The van der Waals surface area contributed by atoms with Crippen LogP contribution in [0.5, 0.6) is 5.75 Å². The van der Waals surface area contributed by atoms with Crippen LogP contribution >= 0.6 is 0 Å². The van der Waals surface area contributed by atoms with Gasteiger partial charge in [0.1, 0.15) is 18.2 Å². The fraction of sp³-hybridized carbons (Fsp3) is 0.0625. The van der Waals surface area contributed by atoms with Crippen molar-refractivity contribution in [2.45, 2.75) is 0 Å². The summed E-state index contributed by atoms with van der Waals surface area (Å²) in [6, 6.07) is 12.9. The summed E-state index contributed by atoms with van der Waals surface area (Å²) in [5.41, 5.74) is 1.19. The molecule has 0 N–H and O–H groups in total. The third kappa shape index (κ3) is 3.59. The van der Waals surface area contributed by atoms with Crippen molar-refractivity contribution in [2.24, 2.45) is 0 Å². The quantitative estimate of drug-likeness (QED) is 0.584. The molecular formula is C16H10FNO. The molecule has 2 aromatic carbocycles. The Kier molecular flexibility index (Phi) is 4.16. The maximum atomic E-state index is 12.7. The van der Waals surface area contributed by atoms with Crippen LogP contribution in [0.4, 0.5) is 10.1 Å². The molecule has 0 radical (unpaired) electrons. The highest BCUT2D eigenvalue weighted by Crippen LogP contribution is 2.26. The summed E-state index contributed by atoms with van der Waals surface area (Å²) in [4.78, 5) is 3.35. The number of halogens is 1. The van der Waals surface area contributed by atoms with Gasteiger partial charge in [-0.3, -0.25) is 0 Å². The van der Waals surface area contributed by atoms with Crippen molar-refractivity contribution in [3.63, 3.8) is 0 Å². The van der Waals surface area contributed by atoms with E-state index in [1.165, 1.54) is 12.1 Å². The molecule has 0 unspecified atom stereocenters. The van der Waals surface area contributed by atoms with Gasteiger partial charge < -0.3 is 4.74 Å². The van der Waals surface area contributed by atoms with E-state index < -0.39 is 0 Å². The van der Waals surface area contributed by atoms with Gasteiger partial charge in [-0.25, -0.2) is 9.24 Å². The molecule has 0 atom stereocenters. The molecule has 2 aromatic rings. The van der Waals surface area contributed by atoms with Crippen molar-refractivity contribution in [2.75, 3.05) is 6.61 Å². The van der Waals surface area contributed by atoms with Gasteiger partial charge in [0.15, 0.2) is 0 Å². The van der Waals surface area contributed by atoms with Crippen molar-refractivity contribution in [1.29, 1.82) is 0 Å². The zero-order chi connectivity index (χ0) is 13.5. The van der Waals surface area contributed by atoms with E-state index in [2.05, 4.69) is 16.7 Å². The van der Waals surface area contributed by atoms with Crippen molar-refractivity contribution < 1.29 is 9.13 Å². The van der Waals surface area contributed by atoms with Crippen LogP contribution in [0.15, 0.2) is 48.5 Å². The molecule has 3 heteroatoms. The lowest BCUT2D eigenvalue weighted by Crippen LogP contribution is -1.93. The van der Waals surface area contributed by atoms with E-state index >= 15 is 0 Å². The summed E-state index contributed by atoms with van der Waals surface area (Å²) in [5, 5.41) is 0. The summed E-state index contributed by atoms with van der Waals surface area (Å²) in [5.74, 6) is 5.92. The van der Waals surface area contributed by atoms with E-state index in [1.807, 2.05) is 0 Å². The largest absolute Gasteiger partial charge is 0.492 e. The number of para-hydroxylation sites is 2. The van der Waals surface area contributed by atoms with Crippen LogP contribution in [0.25, 0.3) is 4.85 Å². The van der Waals surface area contributed by atoms with Crippen molar-refractivity contribution in [3.05, 3.63) is 71.3 Å². The summed E-state index contributed by atoms with van der Waals surface area (Å²) >= 11 is 0. The lowest BCUT2D eigenvalue weighted by Gasteiger charge is -2.03. The number of rotatable bonds is 2. The zero-order valence-corrected chi connectivity index (χ0v) is 10.1. The maximum absolute atomic E-state index is 12.7. The highest BCUT2D eigenvalue weighted by Gasteiger charge is 1.99. The number of hydrogen-bond acceptors (Lipinski definition) is 1. The molecule has 92 valence electrons. The van der Waals surface area contributed by atoms with Crippen molar-refractivity contribution in [1.82, 2.24) is 0 Å². The first-order valence-electron chi connectivity index (χ1n) is 5.63. The van der Waals surface area contributed by atoms with Gasteiger partial charge in [0, 0.05) is 5.56 Å². The normalized spacial score (nSPS) is 9.05. The number of hydrogen-bond donors (Lipinski definition) is 0. The monoisotopic (exact) mass is 251 g/mol. The molecule has 0 spiro atoms. The molecule has 0 aliphatic carbocycles. The minimum atomic E-state index is -0.284. The Morgan fingerprint density at radius 2 is 1.84 bits per heavy atom. The fourth-order valence-electron chi connectivity index (χ4n) is 1.46. The Morgan fingerprint density at radius 1 is 1.11 bits per heavy atom. The standard InChI is InChI=1S/C16H10FNO/c1-18-15-6-2-3-7-16(15)19-12-4-5-13-8-10-14(17)11-9-13/h2-3,6-11H,12H2. The minimum Gasteiger partial charge on any atom is -0.492 e. The summed E-state index contributed by atoms with van der Waals surface area (Å²) in [7, 11) is 0. The van der Waals surface area contributed by atoms with E-state index in [0.29, 0.717) is 11.4 Å². The van der Waals surface area contributed by atoms with E-state index in [9.17, 15) is 4.39 Å². The first-order chi connectivity index (χ1) is 9.29. The SMILES string of the molecule is [C-]#[N+]c1ccccc1OCC#Cc1ccc(F)cc1. The van der Waals surface area contributed by atoms with Crippen molar-refractivity contribution in [3.8, 4) is 17.6 Å². The average molecular weight is 251 g/mol. The highest BCUT2D eigenvalue weighted by molar-refractivity contribution is 5.57. The van der Waals surface area contributed by atoms with Gasteiger partial charge in [0.2, 0.25) is 5.69 Å². The molecule has 2 nitrogen and oxygen atoms in total. The van der Waals surface area contributed by atoms with Gasteiger partial charge >= 0.3 is 0 Å². The molecule has 0 heterocycles. The lowest BCUT2D eigenvalue weighted by molar-refractivity contribution is 0.372. The molecule has 0 bridgehead atoms. The Balaban J connectivity index is 1.98. The molecule has 0 aromatic heterocycles. The van der Waals surface area contributed by atoms with Gasteiger partial charge in [0.05, 0.1) is 6.57 Å². The molecule has 0 saturated heterocycles. The second-order valence-corrected chi connectivity index (χ2v) is 3.68. The van der Waals surface area contributed by atoms with Gasteiger partial charge in [-0.1, -0.05) is 30.0 Å². The van der Waals surface area contributed by atoms with Gasteiger partial charge in [-0.05, 0) is 30.3 Å². The molecule has 19 heavy (non-hydrogen) atoms. The molecule has 2 rings (SSSR count). The number of nitrogens with zero attached hydrogens (tertiary/aromatic N) is 1. The van der Waals surface area contributed by atoms with Crippen molar-refractivity contribution >= 4 is 5.69 Å². The minimum absolute atomic E-state index is 0.184. The predicted octanol–water partition coefficient (Wildman–Crippen LogP) is 3.81. The lowest BCUT2D eigenvalue weighted by atomic mass is 10.2. The van der Waals surface area contributed by atoms with Crippen LogP contribution < -0.4 is 4.74 Å². The van der Waals surface area contributed by atoms with E-state index in [0.717, 1.165) is 5.56 Å². The Labute approximate surface area is 111 Å². The molecule has 0 aliphatic rings. The zero-order valence-electron chi connectivity index (χ0n) is 10.1. The number of benzene rings is 2. The summed E-state index contributed by atoms with van der Waals surface area (Å²) in [6.45, 7) is 7.18. The molecule has 0 saturated carbocycles. The third-order valence-corrected chi connectivity index (χ3v) is 2.36. The first-order valence-corrected chi connectivity index (χ1v) is 5.63. The van der Waals surface area contributed by atoms with Crippen LogP contribution in [0.2, 0.25) is 0 Å². The van der Waals surface area contributed by atoms with Crippen LogP contribution in [0, 0.1) is 24.2 Å². The highest BCUT2D eigenvalue weighted by atomic mass is 19.1.